The van der Waals surface area contributed by atoms with Gasteiger partial charge in [0.1, 0.15) is 5.15 Å². The highest BCUT2D eigenvalue weighted by Crippen LogP contribution is 2.24. The van der Waals surface area contributed by atoms with Crippen molar-refractivity contribution >= 4 is 40.5 Å². The van der Waals surface area contributed by atoms with Crippen LogP contribution in [0, 0.1) is 6.92 Å². The summed E-state index contributed by atoms with van der Waals surface area (Å²) in [6.45, 7) is 1.81. The molecule has 7 heteroatoms. The minimum Gasteiger partial charge on any atom is -0.397 e. The first-order valence-corrected chi connectivity index (χ1v) is 6.08. The van der Waals surface area contributed by atoms with Crippen LogP contribution >= 0.6 is 23.2 Å². The molecule has 0 spiro atoms. The molecule has 0 aliphatic heterocycles. The van der Waals surface area contributed by atoms with Crippen LogP contribution in [0.15, 0.2) is 24.5 Å². The van der Waals surface area contributed by atoms with E-state index in [9.17, 15) is 4.79 Å². The van der Waals surface area contributed by atoms with Crippen molar-refractivity contribution in [3.8, 4) is 0 Å². The van der Waals surface area contributed by atoms with Gasteiger partial charge in [0.05, 0.1) is 23.1 Å². The first kappa shape index (κ1) is 13.6. The zero-order valence-corrected chi connectivity index (χ0v) is 11.5. The molecular weight excluding hydrogens is 287 g/mol. The smallest absolute Gasteiger partial charge is 0.258 e. The highest BCUT2D eigenvalue weighted by Gasteiger charge is 2.14. The fraction of sp³-hybridized carbons (Fsp3) is 0.0833. The number of aryl methyl sites for hydroxylation is 1. The fourth-order valence-corrected chi connectivity index (χ4v) is 1.90. The van der Waals surface area contributed by atoms with Gasteiger partial charge in [-0.15, -0.1) is 0 Å². The number of pyridine rings is 2. The molecule has 0 atom stereocenters. The van der Waals surface area contributed by atoms with Crippen LogP contribution in [0.4, 0.5) is 11.4 Å². The second-order valence-electron chi connectivity index (χ2n) is 3.84. The minimum atomic E-state index is -0.417. The first-order chi connectivity index (χ1) is 8.99. The standard InChI is InChI=1S/C12H10Cl2N4O/c1-6-2-3-16-11(14)10(6)18-12(19)7-4-9(13)17-5-8(7)15/h2-5H,15H2,1H3,(H,18,19). The number of nitrogens with zero attached hydrogens (tertiary/aromatic N) is 2. The second kappa shape index (κ2) is 5.42. The van der Waals surface area contributed by atoms with Gasteiger partial charge in [-0.25, -0.2) is 9.97 Å². The third-order valence-corrected chi connectivity index (χ3v) is 2.99. The van der Waals surface area contributed by atoms with Gasteiger partial charge in [-0.3, -0.25) is 4.79 Å². The third-order valence-electron chi connectivity index (χ3n) is 2.50. The number of hydrogen-bond donors (Lipinski definition) is 2. The lowest BCUT2D eigenvalue weighted by Gasteiger charge is -2.10. The molecule has 5 nitrogen and oxygen atoms in total. The fourth-order valence-electron chi connectivity index (χ4n) is 1.49. The monoisotopic (exact) mass is 296 g/mol. The normalized spacial score (nSPS) is 10.3. The first-order valence-electron chi connectivity index (χ1n) is 5.32. The van der Waals surface area contributed by atoms with E-state index in [1.807, 2.05) is 6.92 Å². The van der Waals surface area contributed by atoms with E-state index >= 15 is 0 Å². The van der Waals surface area contributed by atoms with E-state index < -0.39 is 5.91 Å². The molecule has 0 radical (unpaired) electrons. The molecule has 98 valence electrons. The Morgan fingerprint density at radius 1 is 1.37 bits per heavy atom. The number of anilines is 2. The largest absolute Gasteiger partial charge is 0.397 e. The maximum absolute atomic E-state index is 12.1. The number of carbonyl (C=O) groups is 1. The van der Waals surface area contributed by atoms with E-state index in [2.05, 4.69) is 15.3 Å². The summed E-state index contributed by atoms with van der Waals surface area (Å²) < 4.78 is 0. The summed E-state index contributed by atoms with van der Waals surface area (Å²) in [5.41, 5.74) is 7.40. The molecule has 0 bridgehead atoms. The van der Waals surface area contributed by atoms with Gasteiger partial charge in [-0.1, -0.05) is 23.2 Å². The van der Waals surface area contributed by atoms with Crippen molar-refractivity contribution in [3.05, 3.63) is 46.0 Å². The van der Waals surface area contributed by atoms with Crippen LogP contribution in [0.25, 0.3) is 0 Å². The van der Waals surface area contributed by atoms with Gasteiger partial charge in [0, 0.05) is 6.20 Å². The van der Waals surface area contributed by atoms with E-state index in [0.29, 0.717) is 5.69 Å². The highest BCUT2D eigenvalue weighted by molar-refractivity contribution is 6.33. The van der Waals surface area contributed by atoms with Crippen LogP contribution in [0.5, 0.6) is 0 Å². The molecule has 2 heterocycles. The van der Waals surface area contributed by atoms with Crippen LogP contribution in [-0.2, 0) is 0 Å². The van der Waals surface area contributed by atoms with Crippen molar-refractivity contribution in [1.29, 1.82) is 0 Å². The maximum atomic E-state index is 12.1. The summed E-state index contributed by atoms with van der Waals surface area (Å²) in [7, 11) is 0. The van der Waals surface area contributed by atoms with Gasteiger partial charge in [0.25, 0.3) is 5.91 Å². The molecule has 3 N–H and O–H groups in total. The van der Waals surface area contributed by atoms with E-state index in [-0.39, 0.29) is 21.6 Å². The summed E-state index contributed by atoms with van der Waals surface area (Å²) in [5, 5.41) is 3.07. The molecule has 0 aromatic carbocycles. The van der Waals surface area contributed by atoms with Gasteiger partial charge in [-0.05, 0) is 24.6 Å². The summed E-state index contributed by atoms with van der Waals surface area (Å²) in [5.74, 6) is -0.417. The molecule has 0 saturated heterocycles. The van der Waals surface area contributed by atoms with Crippen molar-refractivity contribution in [3.63, 3.8) is 0 Å². The zero-order chi connectivity index (χ0) is 14.0. The van der Waals surface area contributed by atoms with E-state index in [1.54, 1.807) is 12.3 Å². The number of halogens is 2. The summed E-state index contributed by atoms with van der Waals surface area (Å²) in [6.07, 6.45) is 2.89. The number of nitrogens with two attached hydrogens (primary N) is 1. The number of hydrogen-bond acceptors (Lipinski definition) is 4. The van der Waals surface area contributed by atoms with Crippen LogP contribution in [0.1, 0.15) is 15.9 Å². The third kappa shape index (κ3) is 2.94. The number of rotatable bonds is 2. The molecule has 0 aliphatic rings. The van der Waals surface area contributed by atoms with E-state index in [1.165, 1.54) is 12.3 Å². The quantitative estimate of drug-likeness (QED) is 0.835. The number of nitrogen functional groups attached to an aromatic ring is 1. The second-order valence-corrected chi connectivity index (χ2v) is 4.59. The van der Waals surface area contributed by atoms with Crippen molar-refractivity contribution < 1.29 is 4.79 Å². The number of aromatic nitrogens is 2. The maximum Gasteiger partial charge on any atom is 0.258 e. The molecule has 1 amide bonds. The van der Waals surface area contributed by atoms with Gasteiger partial charge < -0.3 is 11.1 Å². The van der Waals surface area contributed by atoms with E-state index in [0.717, 1.165) is 5.56 Å². The van der Waals surface area contributed by atoms with Crippen LogP contribution < -0.4 is 11.1 Å². The molecule has 2 rings (SSSR count). The zero-order valence-electron chi connectivity index (χ0n) is 9.95. The Hall–Kier alpha value is -1.85. The lowest BCUT2D eigenvalue weighted by atomic mass is 10.2. The SMILES string of the molecule is Cc1ccnc(Cl)c1NC(=O)c1cc(Cl)ncc1N. The van der Waals surface area contributed by atoms with Crippen molar-refractivity contribution in [2.75, 3.05) is 11.1 Å². The Kier molecular flexibility index (Phi) is 3.87. The van der Waals surface area contributed by atoms with E-state index in [4.69, 9.17) is 28.9 Å². The molecule has 2 aromatic heterocycles. The Labute approximate surface area is 119 Å². The number of carbonyl (C=O) groups excluding carboxylic acids is 1. The highest BCUT2D eigenvalue weighted by atomic mass is 35.5. The Balaban J connectivity index is 2.34. The molecule has 2 aromatic rings. The lowest BCUT2D eigenvalue weighted by Crippen LogP contribution is -2.15. The number of nitrogens with one attached hydrogen (secondary N) is 1. The average molecular weight is 297 g/mol. The van der Waals surface area contributed by atoms with Gasteiger partial charge in [0.2, 0.25) is 0 Å². The van der Waals surface area contributed by atoms with Crippen molar-refractivity contribution in [2.45, 2.75) is 6.92 Å². The van der Waals surface area contributed by atoms with Crippen LogP contribution in [0.3, 0.4) is 0 Å². The number of amides is 1. The summed E-state index contributed by atoms with van der Waals surface area (Å²) >= 11 is 11.7. The van der Waals surface area contributed by atoms with Crippen molar-refractivity contribution in [1.82, 2.24) is 9.97 Å². The Morgan fingerprint density at radius 2 is 2.11 bits per heavy atom. The van der Waals surface area contributed by atoms with Crippen molar-refractivity contribution in [2.24, 2.45) is 0 Å². The Morgan fingerprint density at radius 3 is 2.79 bits per heavy atom. The summed E-state index contributed by atoms with van der Waals surface area (Å²) in [4.78, 5) is 19.8. The predicted molar refractivity (Wildman–Crippen MR) is 75.6 cm³/mol. The average Bonchev–Trinajstić information content (AvgIpc) is 2.37. The molecule has 19 heavy (non-hydrogen) atoms. The van der Waals surface area contributed by atoms with Gasteiger partial charge in [0.15, 0.2) is 5.15 Å². The minimum absolute atomic E-state index is 0.188. The molecule has 0 unspecified atom stereocenters. The Bertz CT molecular complexity index is 625. The topological polar surface area (TPSA) is 80.9 Å². The van der Waals surface area contributed by atoms with Gasteiger partial charge in [-0.2, -0.15) is 0 Å². The summed E-state index contributed by atoms with van der Waals surface area (Å²) in [6, 6.07) is 3.14. The van der Waals surface area contributed by atoms with Gasteiger partial charge >= 0.3 is 0 Å². The molecular formula is C12H10Cl2N4O. The molecule has 0 aliphatic carbocycles. The predicted octanol–water partition coefficient (Wildman–Crippen LogP) is 2.93. The molecule has 0 saturated carbocycles. The van der Waals surface area contributed by atoms with Crippen LogP contribution in [0.2, 0.25) is 10.3 Å². The van der Waals surface area contributed by atoms with Crippen LogP contribution in [-0.4, -0.2) is 15.9 Å². The molecule has 0 fully saturated rings. The lowest BCUT2D eigenvalue weighted by molar-refractivity contribution is 0.102.